The topological polar surface area (TPSA) is 77.6 Å². The van der Waals surface area contributed by atoms with Gasteiger partial charge < -0.3 is 5.32 Å². The Kier molecular flexibility index (Phi) is 2.67. The third-order valence-electron chi connectivity index (χ3n) is 3.86. The van der Waals surface area contributed by atoms with Crippen LogP contribution < -0.4 is 5.32 Å². The third-order valence-corrected chi connectivity index (χ3v) is 3.86. The summed E-state index contributed by atoms with van der Waals surface area (Å²) in [5.41, 5.74) is 2.08. The quantitative estimate of drug-likeness (QED) is 0.899. The van der Waals surface area contributed by atoms with Gasteiger partial charge in [-0.2, -0.15) is 5.10 Å². The third kappa shape index (κ3) is 2.09. The average molecular weight is 274 g/mol. The van der Waals surface area contributed by atoms with E-state index in [0.29, 0.717) is 11.4 Å². The number of nitrogens with one attached hydrogen (secondary N) is 1. The monoisotopic (exact) mass is 274 g/mol. The van der Waals surface area contributed by atoms with Crippen molar-refractivity contribution < 1.29 is 4.79 Å². The van der Waals surface area contributed by atoms with Gasteiger partial charge in [-0.15, -0.1) is 5.10 Å². The summed E-state index contributed by atoms with van der Waals surface area (Å²) in [7, 11) is 1.83. The predicted molar refractivity (Wildman–Crippen MR) is 72.5 cm³/mol. The van der Waals surface area contributed by atoms with Crippen molar-refractivity contribution in [2.75, 3.05) is 0 Å². The van der Waals surface area contributed by atoms with Crippen LogP contribution in [0.3, 0.4) is 0 Å². The SMILES string of the molecule is Cc1c(C(=O)N[C@H]2CC2(C)C)nnn1-c1cnn(C)c1. The fourth-order valence-electron chi connectivity index (χ4n) is 2.24. The molecule has 7 heteroatoms. The van der Waals surface area contributed by atoms with E-state index in [1.807, 2.05) is 20.2 Å². The fourth-order valence-corrected chi connectivity index (χ4v) is 2.24. The molecule has 0 saturated heterocycles. The molecule has 1 fully saturated rings. The summed E-state index contributed by atoms with van der Waals surface area (Å²) in [6.45, 7) is 6.11. The van der Waals surface area contributed by atoms with Gasteiger partial charge in [-0.1, -0.05) is 19.1 Å². The van der Waals surface area contributed by atoms with Gasteiger partial charge in [0, 0.05) is 13.1 Å². The molecule has 1 N–H and O–H groups in total. The largest absolute Gasteiger partial charge is 0.347 e. The minimum Gasteiger partial charge on any atom is -0.347 e. The molecule has 0 bridgehead atoms. The van der Waals surface area contributed by atoms with E-state index in [9.17, 15) is 4.79 Å². The highest BCUT2D eigenvalue weighted by Crippen LogP contribution is 2.44. The number of hydrogen-bond donors (Lipinski definition) is 1. The van der Waals surface area contributed by atoms with Crippen molar-refractivity contribution in [2.24, 2.45) is 12.5 Å². The predicted octanol–water partition coefficient (Wildman–Crippen LogP) is 0.838. The van der Waals surface area contributed by atoms with Crippen molar-refractivity contribution in [2.45, 2.75) is 33.2 Å². The molecular weight excluding hydrogens is 256 g/mol. The molecule has 1 aliphatic rings. The first kappa shape index (κ1) is 12.8. The van der Waals surface area contributed by atoms with Gasteiger partial charge in [0.05, 0.1) is 18.1 Å². The van der Waals surface area contributed by atoms with E-state index in [1.165, 1.54) is 0 Å². The van der Waals surface area contributed by atoms with Crippen molar-refractivity contribution >= 4 is 5.91 Å². The number of rotatable bonds is 3. The van der Waals surface area contributed by atoms with Crippen LogP contribution in [0.5, 0.6) is 0 Å². The lowest BCUT2D eigenvalue weighted by Crippen LogP contribution is -2.29. The number of hydrogen-bond acceptors (Lipinski definition) is 4. The molecule has 2 heterocycles. The van der Waals surface area contributed by atoms with Crippen LogP contribution in [-0.2, 0) is 7.05 Å². The Morgan fingerprint density at radius 1 is 1.50 bits per heavy atom. The van der Waals surface area contributed by atoms with E-state index in [2.05, 4.69) is 34.6 Å². The number of aryl methyl sites for hydroxylation is 1. The minimum atomic E-state index is -0.159. The minimum absolute atomic E-state index is 0.159. The zero-order chi connectivity index (χ0) is 14.5. The Labute approximate surface area is 117 Å². The van der Waals surface area contributed by atoms with Crippen LogP contribution >= 0.6 is 0 Å². The molecule has 0 aromatic carbocycles. The standard InChI is InChI=1S/C13H18N6O/c1-8-11(12(20)15-10-5-13(10,2)3)16-17-19(8)9-6-14-18(4)7-9/h6-7,10H,5H2,1-4H3,(H,15,20)/t10-/m0/s1. The van der Waals surface area contributed by atoms with E-state index >= 15 is 0 Å². The van der Waals surface area contributed by atoms with Gasteiger partial charge in [0.15, 0.2) is 5.69 Å². The van der Waals surface area contributed by atoms with Crippen LogP contribution in [0.4, 0.5) is 0 Å². The first-order chi connectivity index (χ1) is 9.38. The van der Waals surface area contributed by atoms with E-state index < -0.39 is 0 Å². The molecule has 1 saturated carbocycles. The first-order valence-electron chi connectivity index (χ1n) is 6.61. The molecular formula is C13H18N6O. The van der Waals surface area contributed by atoms with Crippen molar-refractivity contribution in [3.63, 3.8) is 0 Å². The van der Waals surface area contributed by atoms with Gasteiger partial charge in [0.2, 0.25) is 0 Å². The lowest BCUT2D eigenvalue weighted by molar-refractivity contribution is 0.0940. The number of amides is 1. The van der Waals surface area contributed by atoms with Gasteiger partial charge in [0.25, 0.3) is 5.91 Å². The van der Waals surface area contributed by atoms with E-state index in [4.69, 9.17) is 0 Å². The number of carbonyl (C=O) groups is 1. The maximum atomic E-state index is 12.2. The number of aromatic nitrogens is 5. The molecule has 7 nitrogen and oxygen atoms in total. The summed E-state index contributed by atoms with van der Waals surface area (Å²) in [5, 5.41) is 15.1. The van der Waals surface area contributed by atoms with Crippen LogP contribution in [0.2, 0.25) is 0 Å². The molecule has 1 aliphatic carbocycles. The lowest BCUT2D eigenvalue weighted by atomic mass is 10.2. The van der Waals surface area contributed by atoms with Gasteiger partial charge in [-0.05, 0) is 18.8 Å². The fraction of sp³-hybridized carbons (Fsp3) is 0.538. The summed E-state index contributed by atoms with van der Waals surface area (Å²) in [6, 6.07) is 0.234. The zero-order valence-corrected chi connectivity index (χ0v) is 12.1. The highest BCUT2D eigenvalue weighted by atomic mass is 16.2. The summed E-state index contributed by atoms with van der Waals surface area (Å²) < 4.78 is 3.31. The summed E-state index contributed by atoms with van der Waals surface area (Å²) in [6.07, 6.45) is 4.52. The van der Waals surface area contributed by atoms with Gasteiger partial charge >= 0.3 is 0 Å². The number of carbonyl (C=O) groups excluding carboxylic acids is 1. The molecule has 3 rings (SSSR count). The van der Waals surface area contributed by atoms with Crippen LogP contribution in [0.25, 0.3) is 5.69 Å². The van der Waals surface area contributed by atoms with Crippen molar-refractivity contribution in [3.8, 4) is 5.69 Å². The molecule has 0 unspecified atom stereocenters. The van der Waals surface area contributed by atoms with Gasteiger partial charge in [-0.25, -0.2) is 4.68 Å². The smallest absolute Gasteiger partial charge is 0.274 e. The molecule has 106 valence electrons. The maximum absolute atomic E-state index is 12.2. The molecule has 1 amide bonds. The Morgan fingerprint density at radius 2 is 2.20 bits per heavy atom. The van der Waals surface area contributed by atoms with Gasteiger partial charge in [-0.3, -0.25) is 9.48 Å². The van der Waals surface area contributed by atoms with E-state index in [-0.39, 0.29) is 17.4 Å². The van der Waals surface area contributed by atoms with Crippen LogP contribution in [-0.4, -0.2) is 36.7 Å². The van der Waals surface area contributed by atoms with Crippen LogP contribution in [0.15, 0.2) is 12.4 Å². The lowest BCUT2D eigenvalue weighted by Gasteiger charge is -2.05. The second kappa shape index (κ2) is 4.16. The van der Waals surface area contributed by atoms with E-state index in [0.717, 1.165) is 12.1 Å². The first-order valence-corrected chi connectivity index (χ1v) is 6.61. The summed E-state index contributed by atoms with van der Waals surface area (Å²) in [5.74, 6) is -0.159. The second-order valence-corrected chi connectivity index (χ2v) is 6.03. The molecule has 0 aliphatic heterocycles. The van der Waals surface area contributed by atoms with Crippen LogP contribution in [0.1, 0.15) is 36.5 Å². The Hall–Kier alpha value is -2.18. The summed E-state index contributed by atoms with van der Waals surface area (Å²) in [4.78, 5) is 12.2. The molecule has 0 radical (unpaired) electrons. The molecule has 0 spiro atoms. The molecule has 2 aromatic rings. The van der Waals surface area contributed by atoms with Crippen molar-refractivity contribution in [1.29, 1.82) is 0 Å². The van der Waals surface area contributed by atoms with Crippen molar-refractivity contribution in [1.82, 2.24) is 30.1 Å². The zero-order valence-electron chi connectivity index (χ0n) is 12.1. The highest BCUT2D eigenvalue weighted by Gasteiger charge is 2.47. The van der Waals surface area contributed by atoms with Gasteiger partial charge in [0.1, 0.15) is 5.69 Å². The van der Waals surface area contributed by atoms with Crippen molar-refractivity contribution in [3.05, 3.63) is 23.8 Å². The Bertz CT molecular complexity index is 668. The van der Waals surface area contributed by atoms with E-state index in [1.54, 1.807) is 15.6 Å². The normalized spacial score (nSPS) is 19.9. The highest BCUT2D eigenvalue weighted by molar-refractivity contribution is 5.93. The molecule has 1 atom stereocenters. The Morgan fingerprint density at radius 3 is 2.75 bits per heavy atom. The average Bonchev–Trinajstić information content (AvgIpc) is 2.74. The summed E-state index contributed by atoms with van der Waals surface area (Å²) >= 11 is 0. The van der Waals surface area contributed by atoms with Crippen LogP contribution in [0, 0.1) is 12.3 Å². The Balaban J connectivity index is 1.81. The number of nitrogens with zero attached hydrogens (tertiary/aromatic N) is 5. The molecule has 2 aromatic heterocycles. The second-order valence-electron chi connectivity index (χ2n) is 6.03. The maximum Gasteiger partial charge on any atom is 0.274 e. The molecule has 20 heavy (non-hydrogen) atoms.